The summed E-state index contributed by atoms with van der Waals surface area (Å²) >= 11 is 0. The summed E-state index contributed by atoms with van der Waals surface area (Å²) in [5.74, 6) is 0.0499. The number of rotatable bonds is 4. The number of hydrogen-bond donors (Lipinski definition) is 1. The lowest BCUT2D eigenvalue weighted by molar-refractivity contribution is -0.136. The summed E-state index contributed by atoms with van der Waals surface area (Å²) in [6.45, 7) is 2.86. The Morgan fingerprint density at radius 1 is 1.40 bits per heavy atom. The number of nitrogens with two attached hydrogens (primary N) is 1. The highest BCUT2D eigenvalue weighted by molar-refractivity contribution is 5.99. The Balaban J connectivity index is 2.29. The number of nitrogens with zero attached hydrogens (tertiary/aromatic N) is 1. The normalized spacial score (nSPS) is 15.2. The van der Waals surface area contributed by atoms with E-state index in [0.29, 0.717) is 19.0 Å². The summed E-state index contributed by atoms with van der Waals surface area (Å²) in [5, 5.41) is 0. The van der Waals surface area contributed by atoms with E-state index < -0.39 is 23.3 Å². The van der Waals surface area contributed by atoms with E-state index in [0.717, 1.165) is 18.9 Å². The van der Waals surface area contributed by atoms with Crippen LogP contribution in [0.25, 0.3) is 0 Å². The van der Waals surface area contributed by atoms with Gasteiger partial charge in [0.1, 0.15) is 0 Å². The lowest BCUT2D eigenvalue weighted by atomic mass is 10.1. The smallest absolute Gasteiger partial charge is 0.398 e. The molecule has 1 aromatic carbocycles. The Kier molecular flexibility index (Phi) is 3.92. The van der Waals surface area contributed by atoms with E-state index in [1.807, 2.05) is 6.92 Å². The van der Waals surface area contributed by atoms with Gasteiger partial charge in [-0.1, -0.05) is 6.07 Å². The average molecular weight is 286 g/mol. The molecule has 2 N–H and O–H groups in total. The van der Waals surface area contributed by atoms with Gasteiger partial charge in [-0.2, -0.15) is 13.2 Å². The molecule has 0 radical (unpaired) electrons. The molecule has 1 fully saturated rings. The highest BCUT2D eigenvalue weighted by atomic mass is 19.4. The Morgan fingerprint density at radius 2 is 2.05 bits per heavy atom. The lowest BCUT2D eigenvalue weighted by Crippen LogP contribution is -2.33. The van der Waals surface area contributed by atoms with Crippen molar-refractivity contribution in [2.45, 2.75) is 25.9 Å². The van der Waals surface area contributed by atoms with Gasteiger partial charge < -0.3 is 10.6 Å². The zero-order valence-electron chi connectivity index (χ0n) is 11.2. The van der Waals surface area contributed by atoms with Gasteiger partial charge in [0.2, 0.25) is 0 Å². The second-order valence-electron chi connectivity index (χ2n) is 5.05. The molecule has 0 aliphatic heterocycles. The fourth-order valence-electron chi connectivity index (χ4n) is 2.14. The number of alkyl halides is 3. The molecule has 3 nitrogen and oxygen atoms in total. The molecule has 6 heteroatoms. The standard InChI is InChI=1S/C14H17F3N2O/c1-2-19(8-9-6-7-9)13(20)10-4-3-5-11(12(10)18)14(15,16)17/h3-5,9H,2,6-8,18H2,1H3. The van der Waals surface area contributed by atoms with Gasteiger partial charge in [0.25, 0.3) is 5.91 Å². The summed E-state index contributed by atoms with van der Waals surface area (Å²) in [6, 6.07) is 3.46. The minimum atomic E-state index is -4.55. The molecule has 0 bridgehead atoms. The van der Waals surface area contributed by atoms with E-state index in [1.54, 1.807) is 4.90 Å². The third kappa shape index (κ3) is 3.05. The first-order valence-corrected chi connectivity index (χ1v) is 6.59. The second kappa shape index (κ2) is 5.34. The predicted molar refractivity (Wildman–Crippen MR) is 70.2 cm³/mol. The number of para-hydroxylation sites is 1. The van der Waals surface area contributed by atoms with Crippen molar-refractivity contribution in [1.82, 2.24) is 4.90 Å². The first kappa shape index (κ1) is 14.7. The highest BCUT2D eigenvalue weighted by Crippen LogP contribution is 2.36. The van der Waals surface area contributed by atoms with Crippen LogP contribution in [0.15, 0.2) is 18.2 Å². The van der Waals surface area contributed by atoms with E-state index in [4.69, 9.17) is 5.73 Å². The summed E-state index contributed by atoms with van der Waals surface area (Å²) in [4.78, 5) is 13.9. The number of carbonyl (C=O) groups is 1. The lowest BCUT2D eigenvalue weighted by Gasteiger charge is -2.22. The number of halogens is 3. The van der Waals surface area contributed by atoms with Crippen LogP contribution >= 0.6 is 0 Å². The first-order chi connectivity index (χ1) is 9.34. The Hall–Kier alpha value is -1.72. The van der Waals surface area contributed by atoms with Gasteiger partial charge in [0, 0.05) is 13.1 Å². The molecule has 1 aliphatic rings. The van der Waals surface area contributed by atoms with Crippen molar-refractivity contribution in [3.05, 3.63) is 29.3 Å². The molecule has 110 valence electrons. The number of hydrogen-bond acceptors (Lipinski definition) is 2. The van der Waals surface area contributed by atoms with Gasteiger partial charge in [-0.15, -0.1) is 0 Å². The minimum Gasteiger partial charge on any atom is -0.398 e. The van der Waals surface area contributed by atoms with Crippen LogP contribution < -0.4 is 5.73 Å². The van der Waals surface area contributed by atoms with Crippen LogP contribution in [0.2, 0.25) is 0 Å². The van der Waals surface area contributed by atoms with Crippen LogP contribution in [0.4, 0.5) is 18.9 Å². The van der Waals surface area contributed by atoms with E-state index in [-0.39, 0.29) is 5.56 Å². The zero-order chi connectivity index (χ0) is 14.9. The summed E-state index contributed by atoms with van der Waals surface area (Å²) in [5.41, 5.74) is 4.03. The third-order valence-corrected chi connectivity index (χ3v) is 3.49. The largest absolute Gasteiger partial charge is 0.418 e. The SMILES string of the molecule is CCN(CC1CC1)C(=O)c1cccc(C(F)(F)F)c1N. The van der Waals surface area contributed by atoms with Gasteiger partial charge in [-0.05, 0) is 37.8 Å². The molecule has 1 aromatic rings. The quantitative estimate of drug-likeness (QED) is 0.864. The van der Waals surface area contributed by atoms with Crippen molar-refractivity contribution in [3.8, 4) is 0 Å². The second-order valence-corrected chi connectivity index (χ2v) is 5.05. The number of amides is 1. The van der Waals surface area contributed by atoms with Gasteiger partial charge >= 0.3 is 6.18 Å². The van der Waals surface area contributed by atoms with Crippen molar-refractivity contribution >= 4 is 11.6 Å². The van der Waals surface area contributed by atoms with Gasteiger partial charge in [0.15, 0.2) is 0 Å². The van der Waals surface area contributed by atoms with Crippen molar-refractivity contribution in [2.75, 3.05) is 18.8 Å². The van der Waals surface area contributed by atoms with Crippen LogP contribution in [0, 0.1) is 5.92 Å². The average Bonchev–Trinajstić information content (AvgIpc) is 3.18. The molecular formula is C14H17F3N2O. The van der Waals surface area contributed by atoms with Crippen molar-refractivity contribution < 1.29 is 18.0 Å². The van der Waals surface area contributed by atoms with Crippen LogP contribution in [-0.4, -0.2) is 23.9 Å². The maximum Gasteiger partial charge on any atom is 0.418 e. The van der Waals surface area contributed by atoms with Crippen LogP contribution in [0.3, 0.4) is 0 Å². The summed E-state index contributed by atoms with van der Waals surface area (Å²) in [7, 11) is 0. The molecule has 2 rings (SSSR count). The molecular weight excluding hydrogens is 269 g/mol. The van der Waals surface area contributed by atoms with E-state index in [9.17, 15) is 18.0 Å². The van der Waals surface area contributed by atoms with Gasteiger partial charge in [0.05, 0.1) is 16.8 Å². The van der Waals surface area contributed by atoms with Crippen LogP contribution in [-0.2, 0) is 6.18 Å². The molecule has 0 saturated heterocycles. The van der Waals surface area contributed by atoms with Crippen LogP contribution in [0.1, 0.15) is 35.7 Å². The molecule has 0 heterocycles. The molecule has 1 aliphatic carbocycles. The van der Waals surface area contributed by atoms with Crippen LogP contribution in [0.5, 0.6) is 0 Å². The van der Waals surface area contributed by atoms with Gasteiger partial charge in [-0.25, -0.2) is 0 Å². The minimum absolute atomic E-state index is 0.0673. The predicted octanol–water partition coefficient (Wildman–Crippen LogP) is 3.16. The molecule has 20 heavy (non-hydrogen) atoms. The zero-order valence-corrected chi connectivity index (χ0v) is 11.2. The number of benzene rings is 1. The van der Waals surface area contributed by atoms with Crippen molar-refractivity contribution in [3.63, 3.8) is 0 Å². The Morgan fingerprint density at radius 3 is 2.55 bits per heavy atom. The number of carbonyl (C=O) groups excluding carboxylic acids is 1. The van der Waals surface area contributed by atoms with E-state index >= 15 is 0 Å². The fourth-order valence-corrected chi connectivity index (χ4v) is 2.14. The van der Waals surface area contributed by atoms with Crippen molar-refractivity contribution in [2.24, 2.45) is 5.92 Å². The van der Waals surface area contributed by atoms with Gasteiger partial charge in [-0.3, -0.25) is 4.79 Å². The van der Waals surface area contributed by atoms with E-state index in [2.05, 4.69) is 0 Å². The maximum atomic E-state index is 12.8. The molecule has 1 amide bonds. The molecule has 0 aromatic heterocycles. The fraction of sp³-hybridized carbons (Fsp3) is 0.500. The molecule has 0 unspecified atom stereocenters. The number of anilines is 1. The highest BCUT2D eigenvalue weighted by Gasteiger charge is 2.35. The Labute approximate surface area is 115 Å². The summed E-state index contributed by atoms with van der Waals surface area (Å²) < 4.78 is 38.4. The summed E-state index contributed by atoms with van der Waals surface area (Å²) in [6.07, 6.45) is -2.41. The molecule has 0 atom stereocenters. The topological polar surface area (TPSA) is 46.3 Å². The molecule has 1 saturated carbocycles. The monoisotopic (exact) mass is 286 g/mol. The van der Waals surface area contributed by atoms with Crippen molar-refractivity contribution in [1.29, 1.82) is 0 Å². The Bertz CT molecular complexity index is 510. The van der Waals surface area contributed by atoms with E-state index in [1.165, 1.54) is 12.1 Å². The maximum absolute atomic E-state index is 12.8. The third-order valence-electron chi connectivity index (χ3n) is 3.49. The first-order valence-electron chi connectivity index (χ1n) is 6.59. The number of nitrogen functional groups attached to an aromatic ring is 1. The molecule has 0 spiro atoms.